The molecule has 3 aromatic rings. The highest BCUT2D eigenvalue weighted by molar-refractivity contribution is 9.11. The number of hydrogen-bond donors (Lipinski definition) is 2. The number of ether oxygens (including phenoxy) is 1. The standard InChI is InChI=1S/C20H16Br2N2O2/c21-14-6-11-19(18(22)12-14)26-13-20(25)24-17-9-7-16(8-10-17)23-15-4-2-1-3-5-15/h1-12,23H,13H2,(H,24,25). The molecule has 0 atom stereocenters. The van der Waals surface area contributed by atoms with Crippen molar-refractivity contribution in [1.82, 2.24) is 0 Å². The third kappa shape index (κ3) is 5.34. The molecule has 3 rings (SSSR count). The molecular weight excluding hydrogens is 460 g/mol. The first-order valence-electron chi connectivity index (χ1n) is 7.90. The number of rotatable bonds is 6. The van der Waals surface area contributed by atoms with Crippen LogP contribution in [0.1, 0.15) is 0 Å². The van der Waals surface area contributed by atoms with Crippen LogP contribution in [-0.4, -0.2) is 12.5 Å². The van der Waals surface area contributed by atoms with Gasteiger partial charge in [-0.1, -0.05) is 34.1 Å². The molecule has 0 spiro atoms. The van der Waals surface area contributed by atoms with Crippen molar-refractivity contribution in [2.45, 2.75) is 0 Å². The fourth-order valence-electron chi connectivity index (χ4n) is 2.26. The summed E-state index contributed by atoms with van der Waals surface area (Å²) in [5, 5.41) is 6.11. The molecule has 0 aliphatic heterocycles. The Hall–Kier alpha value is -2.31. The molecule has 3 aromatic carbocycles. The van der Waals surface area contributed by atoms with E-state index < -0.39 is 0 Å². The lowest BCUT2D eigenvalue weighted by atomic mass is 10.2. The second-order valence-corrected chi connectivity index (χ2v) is 7.25. The zero-order chi connectivity index (χ0) is 18.4. The molecule has 0 fully saturated rings. The van der Waals surface area contributed by atoms with Crippen molar-refractivity contribution in [2.24, 2.45) is 0 Å². The van der Waals surface area contributed by atoms with Crippen LogP contribution in [-0.2, 0) is 4.79 Å². The van der Waals surface area contributed by atoms with E-state index >= 15 is 0 Å². The van der Waals surface area contributed by atoms with Gasteiger partial charge < -0.3 is 15.4 Å². The number of halogens is 2. The van der Waals surface area contributed by atoms with E-state index in [0.29, 0.717) is 11.4 Å². The van der Waals surface area contributed by atoms with Crippen molar-refractivity contribution in [1.29, 1.82) is 0 Å². The molecule has 0 unspecified atom stereocenters. The van der Waals surface area contributed by atoms with E-state index in [2.05, 4.69) is 42.5 Å². The minimum absolute atomic E-state index is 0.0652. The normalized spacial score (nSPS) is 10.2. The molecule has 2 N–H and O–H groups in total. The highest BCUT2D eigenvalue weighted by Gasteiger charge is 2.07. The Balaban J connectivity index is 1.52. The number of para-hydroxylation sites is 1. The van der Waals surface area contributed by atoms with Crippen LogP contribution >= 0.6 is 31.9 Å². The molecule has 0 saturated heterocycles. The van der Waals surface area contributed by atoms with Crippen LogP contribution < -0.4 is 15.4 Å². The quantitative estimate of drug-likeness (QED) is 0.461. The maximum atomic E-state index is 12.1. The van der Waals surface area contributed by atoms with Crippen molar-refractivity contribution in [2.75, 3.05) is 17.2 Å². The second-order valence-electron chi connectivity index (χ2n) is 5.48. The largest absolute Gasteiger partial charge is 0.483 e. The maximum Gasteiger partial charge on any atom is 0.262 e. The predicted molar refractivity (Wildman–Crippen MR) is 112 cm³/mol. The van der Waals surface area contributed by atoms with Crippen molar-refractivity contribution >= 4 is 54.8 Å². The van der Waals surface area contributed by atoms with E-state index in [1.807, 2.05) is 66.7 Å². The third-order valence-corrected chi connectivity index (χ3v) is 4.60. The van der Waals surface area contributed by atoms with Gasteiger partial charge in [0.2, 0.25) is 0 Å². The number of carbonyl (C=O) groups excluding carboxylic acids is 1. The van der Waals surface area contributed by atoms with Crippen LogP contribution in [0.5, 0.6) is 5.75 Å². The van der Waals surface area contributed by atoms with Gasteiger partial charge >= 0.3 is 0 Å². The van der Waals surface area contributed by atoms with Gasteiger partial charge in [0.25, 0.3) is 5.91 Å². The summed E-state index contributed by atoms with van der Waals surface area (Å²) < 4.78 is 7.26. The lowest BCUT2D eigenvalue weighted by Crippen LogP contribution is -2.20. The molecule has 0 aromatic heterocycles. The summed E-state index contributed by atoms with van der Waals surface area (Å²) in [4.78, 5) is 12.1. The lowest BCUT2D eigenvalue weighted by molar-refractivity contribution is -0.118. The number of nitrogens with one attached hydrogen (secondary N) is 2. The summed E-state index contributed by atoms with van der Waals surface area (Å²) >= 11 is 6.78. The summed E-state index contributed by atoms with van der Waals surface area (Å²) in [5.41, 5.74) is 2.68. The van der Waals surface area contributed by atoms with Gasteiger partial charge in [-0.25, -0.2) is 0 Å². The monoisotopic (exact) mass is 474 g/mol. The summed E-state index contributed by atoms with van der Waals surface area (Å²) in [7, 11) is 0. The molecule has 0 bridgehead atoms. The maximum absolute atomic E-state index is 12.1. The Bertz CT molecular complexity index is 884. The Labute approximate surface area is 168 Å². The number of hydrogen-bond acceptors (Lipinski definition) is 3. The van der Waals surface area contributed by atoms with Gasteiger partial charge in [-0.05, 0) is 70.5 Å². The number of anilines is 3. The highest BCUT2D eigenvalue weighted by atomic mass is 79.9. The van der Waals surface area contributed by atoms with Crippen LogP contribution in [0.15, 0.2) is 81.7 Å². The summed E-state index contributed by atoms with van der Waals surface area (Å²) in [5.74, 6) is 0.398. The van der Waals surface area contributed by atoms with E-state index in [1.165, 1.54) is 0 Å². The van der Waals surface area contributed by atoms with Crippen LogP contribution in [0.4, 0.5) is 17.1 Å². The Morgan fingerprint density at radius 3 is 2.19 bits per heavy atom. The van der Waals surface area contributed by atoms with Crippen molar-refractivity contribution < 1.29 is 9.53 Å². The molecule has 6 heteroatoms. The lowest BCUT2D eigenvalue weighted by Gasteiger charge is -2.10. The smallest absolute Gasteiger partial charge is 0.262 e. The molecule has 132 valence electrons. The van der Waals surface area contributed by atoms with E-state index in [-0.39, 0.29) is 12.5 Å². The zero-order valence-electron chi connectivity index (χ0n) is 13.7. The fourth-order valence-corrected chi connectivity index (χ4v) is 3.42. The summed E-state index contributed by atoms with van der Waals surface area (Å²) in [6.07, 6.45) is 0. The zero-order valence-corrected chi connectivity index (χ0v) is 16.9. The topological polar surface area (TPSA) is 50.4 Å². The van der Waals surface area contributed by atoms with Gasteiger partial charge in [-0.3, -0.25) is 4.79 Å². The minimum atomic E-state index is -0.219. The van der Waals surface area contributed by atoms with E-state index in [1.54, 1.807) is 6.07 Å². The average molecular weight is 476 g/mol. The van der Waals surface area contributed by atoms with Gasteiger partial charge in [-0.15, -0.1) is 0 Å². The summed E-state index contributed by atoms with van der Waals surface area (Å²) in [6.45, 7) is -0.0652. The molecule has 4 nitrogen and oxygen atoms in total. The first-order chi connectivity index (χ1) is 12.6. The van der Waals surface area contributed by atoms with E-state index in [4.69, 9.17) is 4.74 Å². The predicted octanol–water partition coefficient (Wildman–Crippen LogP) is 5.97. The SMILES string of the molecule is O=C(COc1ccc(Br)cc1Br)Nc1ccc(Nc2ccccc2)cc1. The van der Waals surface area contributed by atoms with E-state index in [9.17, 15) is 4.79 Å². The molecule has 0 aliphatic rings. The van der Waals surface area contributed by atoms with Crippen molar-refractivity contribution in [3.05, 3.63) is 81.7 Å². The third-order valence-electron chi connectivity index (χ3n) is 3.48. The first-order valence-corrected chi connectivity index (χ1v) is 9.48. The van der Waals surface area contributed by atoms with Gasteiger partial charge in [0, 0.05) is 21.5 Å². The Kier molecular flexibility index (Phi) is 6.30. The van der Waals surface area contributed by atoms with E-state index in [0.717, 1.165) is 20.3 Å². The summed E-state index contributed by atoms with van der Waals surface area (Å²) in [6, 6.07) is 22.9. The van der Waals surface area contributed by atoms with Crippen LogP contribution in [0.3, 0.4) is 0 Å². The van der Waals surface area contributed by atoms with Crippen molar-refractivity contribution in [3.8, 4) is 5.75 Å². The van der Waals surface area contributed by atoms with Gasteiger partial charge in [0.1, 0.15) is 5.75 Å². The average Bonchev–Trinajstić information content (AvgIpc) is 2.63. The van der Waals surface area contributed by atoms with Crippen LogP contribution in [0.25, 0.3) is 0 Å². The number of carbonyl (C=O) groups is 1. The Morgan fingerprint density at radius 1 is 0.846 bits per heavy atom. The molecule has 0 heterocycles. The number of benzene rings is 3. The minimum Gasteiger partial charge on any atom is -0.483 e. The molecular formula is C20H16Br2N2O2. The van der Waals surface area contributed by atoms with Crippen LogP contribution in [0.2, 0.25) is 0 Å². The first kappa shape index (κ1) is 18.5. The molecule has 0 radical (unpaired) electrons. The molecule has 0 saturated carbocycles. The van der Waals surface area contributed by atoms with Gasteiger partial charge in [-0.2, -0.15) is 0 Å². The fraction of sp³-hybridized carbons (Fsp3) is 0.0500. The van der Waals surface area contributed by atoms with Crippen LogP contribution in [0, 0.1) is 0 Å². The second kappa shape index (κ2) is 8.87. The van der Waals surface area contributed by atoms with Gasteiger partial charge in [0.15, 0.2) is 6.61 Å². The molecule has 26 heavy (non-hydrogen) atoms. The van der Waals surface area contributed by atoms with Crippen molar-refractivity contribution in [3.63, 3.8) is 0 Å². The van der Waals surface area contributed by atoms with Gasteiger partial charge in [0.05, 0.1) is 4.47 Å². The highest BCUT2D eigenvalue weighted by Crippen LogP contribution is 2.28. The number of amides is 1. The Morgan fingerprint density at radius 2 is 1.50 bits per heavy atom. The molecule has 1 amide bonds. The molecule has 0 aliphatic carbocycles.